The maximum Gasteiger partial charge on any atom is 0.0615 e. The van der Waals surface area contributed by atoms with Crippen LogP contribution in [0.15, 0.2) is 27.4 Å². The third-order valence-electron chi connectivity index (χ3n) is 1.28. The summed E-state index contributed by atoms with van der Waals surface area (Å²) in [7, 11) is 0. The summed E-state index contributed by atoms with van der Waals surface area (Å²) < 4.78 is 1.81. The molecule has 1 heterocycles. The van der Waals surface area contributed by atoms with Gasteiger partial charge in [-0.3, -0.25) is 4.98 Å². The molecule has 1 rings (SSSR count). The predicted molar refractivity (Wildman–Crippen MR) is 55.8 cm³/mol. The maximum absolute atomic E-state index is 8.58. The quantitative estimate of drug-likeness (QED) is 0.909. The van der Waals surface area contributed by atoms with Crippen LogP contribution >= 0.6 is 31.9 Å². The monoisotopic (exact) mass is 291 g/mol. The van der Waals surface area contributed by atoms with Crippen molar-refractivity contribution >= 4 is 37.9 Å². The minimum absolute atomic E-state index is 0.0429. The van der Waals surface area contributed by atoms with Crippen molar-refractivity contribution < 1.29 is 5.11 Å². The van der Waals surface area contributed by atoms with Crippen molar-refractivity contribution in [3.05, 3.63) is 33.0 Å². The minimum Gasteiger partial charge on any atom is -0.392 e. The molecule has 0 unspecified atom stereocenters. The van der Waals surface area contributed by atoms with Gasteiger partial charge in [-0.25, -0.2) is 0 Å². The molecule has 0 amide bonds. The van der Waals surface area contributed by atoms with E-state index in [0.29, 0.717) is 0 Å². The summed E-state index contributed by atoms with van der Waals surface area (Å²) in [4.78, 5) is 3.96. The zero-order chi connectivity index (χ0) is 8.97. The van der Waals surface area contributed by atoms with E-state index in [4.69, 9.17) is 5.11 Å². The number of aliphatic hydroxyl groups is 1. The Morgan fingerprint density at radius 2 is 1.92 bits per heavy atom. The lowest BCUT2D eigenvalue weighted by Crippen LogP contribution is -1.82. The van der Waals surface area contributed by atoms with Crippen molar-refractivity contribution in [2.45, 2.75) is 0 Å². The van der Waals surface area contributed by atoms with Gasteiger partial charge in [0, 0.05) is 26.9 Å². The Labute approximate surface area is 87.6 Å². The summed E-state index contributed by atoms with van der Waals surface area (Å²) in [6.07, 6.45) is 6.92. The van der Waals surface area contributed by atoms with Crippen LogP contribution in [-0.4, -0.2) is 16.7 Å². The molecule has 1 aromatic heterocycles. The van der Waals surface area contributed by atoms with Gasteiger partial charge in [-0.05, 0) is 31.9 Å². The average Bonchev–Trinajstić information content (AvgIpc) is 2.04. The van der Waals surface area contributed by atoms with Crippen LogP contribution in [0.4, 0.5) is 0 Å². The van der Waals surface area contributed by atoms with E-state index in [1.807, 2.05) is 6.08 Å². The van der Waals surface area contributed by atoms with E-state index >= 15 is 0 Å². The summed E-state index contributed by atoms with van der Waals surface area (Å²) in [5.41, 5.74) is 0.985. The van der Waals surface area contributed by atoms with Gasteiger partial charge in [-0.1, -0.05) is 12.2 Å². The Hall–Kier alpha value is -0.190. The number of aromatic nitrogens is 1. The molecular formula is C8H7Br2NO. The summed E-state index contributed by atoms with van der Waals surface area (Å²) in [5, 5.41) is 8.58. The van der Waals surface area contributed by atoms with E-state index in [-0.39, 0.29) is 6.61 Å². The Morgan fingerprint density at radius 3 is 2.42 bits per heavy atom. The molecule has 4 heteroatoms. The molecule has 0 aliphatic rings. The van der Waals surface area contributed by atoms with Gasteiger partial charge in [-0.2, -0.15) is 0 Å². The van der Waals surface area contributed by atoms with Crippen molar-refractivity contribution in [2.24, 2.45) is 0 Å². The number of pyridine rings is 1. The van der Waals surface area contributed by atoms with Crippen LogP contribution in [0.3, 0.4) is 0 Å². The molecular weight excluding hydrogens is 286 g/mol. The van der Waals surface area contributed by atoms with Crippen molar-refractivity contribution in [1.82, 2.24) is 4.98 Å². The van der Waals surface area contributed by atoms with Gasteiger partial charge in [0.05, 0.1) is 6.61 Å². The van der Waals surface area contributed by atoms with Crippen molar-refractivity contribution in [3.63, 3.8) is 0 Å². The van der Waals surface area contributed by atoms with Gasteiger partial charge in [0.15, 0.2) is 0 Å². The molecule has 1 aromatic rings. The molecule has 0 atom stereocenters. The van der Waals surface area contributed by atoms with Crippen molar-refractivity contribution in [2.75, 3.05) is 6.61 Å². The first-order valence-electron chi connectivity index (χ1n) is 3.32. The lowest BCUT2D eigenvalue weighted by atomic mass is 10.2. The van der Waals surface area contributed by atoms with Gasteiger partial charge < -0.3 is 5.11 Å². The van der Waals surface area contributed by atoms with E-state index in [9.17, 15) is 0 Å². The topological polar surface area (TPSA) is 33.1 Å². The fourth-order valence-electron chi connectivity index (χ4n) is 0.751. The molecule has 0 saturated heterocycles. The smallest absolute Gasteiger partial charge is 0.0615 e. The highest BCUT2D eigenvalue weighted by molar-refractivity contribution is 9.11. The lowest BCUT2D eigenvalue weighted by molar-refractivity contribution is 0.343. The Kier molecular flexibility index (Phi) is 3.91. The second-order valence-corrected chi connectivity index (χ2v) is 3.81. The molecule has 0 aliphatic carbocycles. The summed E-state index contributed by atoms with van der Waals surface area (Å²) >= 11 is 6.70. The molecule has 64 valence electrons. The van der Waals surface area contributed by atoms with Gasteiger partial charge in [0.2, 0.25) is 0 Å². The first-order valence-corrected chi connectivity index (χ1v) is 4.90. The molecule has 0 saturated carbocycles. The fourth-order valence-corrected chi connectivity index (χ4v) is 1.95. The number of halogens is 2. The Bertz CT molecular complexity index is 279. The van der Waals surface area contributed by atoms with Crippen LogP contribution in [-0.2, 0) is 0 Å². The van der Waals surface area contributed by atoms with Crippen LogP contribution in [0.1, 0.15) is 5.56 Å². The van der Waals surface area contributed by atoms with E-state index in [2.05, 4.69) is 36.8 Å². The van der Waals surface area contributed by atoms with Crippen LogP contribution in [0, 0.1) is 0 Å². The number of rotatable bonds is 2. The number of nitrogens with zero attached hydrogens (tertiary/aromatic N) is 1. The third-order valence-corrected chi connectivity index (χ3v) is 2.54. The Morgan fingerprint density at radius 1 is 1.33 bits per heavy atom. The molecule has 0 spiro atoms. The van der Waals surface area contributed by atoms with Gasteiger partial charge >= 0.3 is 0 Å². The van der Waals surface area contributed by atoms with Crippen molar-refractivity contribution in [3.8, 4) is 0 Å². The maximum atomic E-state index is 8.58. The van der Waals surface area contributed by atoms with E-state index < -0.39 is 0 Å². The highest BCUT2D eigenvalue weighted by Crippen LogP contribution is 2.24. The van der Waals surface area contributed by atoms with Gasteiger partial charge in [0.25, 0.3) is 0 Å². The number of hydrogen-bond acceptors (Lipinski definition) is 2. The fraction of sp³-hybridized carbons (Fsp3) is 0.125. The second-order valence-electron chi connectivity index (χ2n) is 2.10. The molecule has 12 heavy (non-hydrogen) atoms. The summed E-state index contributed by atoms with van der Waals surface area (Å²) in [6, 6.07) is 0. The first kappa shape index (κ1) is 9.89. The molecule has 1 N–H and O–H groups in total. The summed E-state index contributed by atoms with van der Waals surface area (Å²) in [6.45, 7) is 0.0429. The zero-order valence-electron chi connectivity index (χ0n) is 6.17. The normalized spacial score (nSPS) is 10.9. The van der Waals surface area contributed by atoms with E-state index in [1.54, 1.807) is 18.5 Å². The predicted octanol–water partition coefficient (Wildman–Crippen LogP) is 2.61. The zero-order valence-corrected chi connectivity index (χ0v) is 9.34. The SMILES string of the molecule is OCC=Cc1c(Br)cncc1Br. The standard InChI is InChI=1S/C8H7Br2NO/c9-7-4-11-5-8(10)6(7)2-1-3-12/h1-2,4-5,12H,3H2. The van der Waals surface area contributed by atoms with Crippen LogP contribution in [0.25, 0.3) is 6.08 Å². The third kappa shape index (κ3) is 2.40. The average molecular weight is 293 g/mol. The lowest BCUT2D eigenvalue weighted by Gasteiger charge is -1.99. The molecule has 0 bridgehead atoms. The highest BCUT2D eigenvalue weighted by atomic mass is 79.9. The number of hydrogen-bond donors (Lipinski definition) is 1. The molecule has 0 fully saturated rings. The molecule has 0 aliphatic heterocycles. The second kappa shape index (κ2) is 4.74. The number of aliphatic hydroxyl groups excluding tert-OH is 1. The van der Waals surface area contributed by atoms with E-state index in [0.717, 1.165) is 14.5 Å². The minimum atomic E-state index is 0.0429. The first-order chi connectivity index (χ1) is 5.75. The van der Waals surface area contributed by atoms with Crippen LogP contribution in [0.5, 0.6) is 0 Å². The highest BCUT2D eigenvalue weighted by Gasteiger charge is 1.99. The van der Waals surface area contributed by atoms with Crippen LogP contribution in [0.2, 0.25) is 0 Å². The van der Waals surface area contributed by atoms with E-state index in [1.165, 1.54) is 0 Å². The molecule has 0 radical (unpaired) electrons. The van der Waals surface area contributed by atoms with Gasteiger partial charge in [-0.15, -0.1) is 0 Å². The van der Waals surface area contributed by atoms with Gasteiger partial charge in [0.1, 0.15) is 0 Å². The largest absolute Gasteiger partial charge is 0.392 e. The van der Waals surface area contributed by atoms with Crippen LogP contribution < -0.4 is 0 Å². The molecule has 2 nitrogen and oxygen atoms in total. The summed E-state index contributed by atoms with van der Waals surface area (Å²) in [5.74, 6) is 0. The van der Waals surface area contributed by atoms with Crippen molar-refractivity contribution in [1.29, 1.82) is 0 Å². The molecule has 0 aromatic carbocycles. The Balaban J connectivity index is 3.04.